The first kappa shape index (κ1) is 23.0. The first-order valence-corrected chi connectivity index (χ1v) is 11.6. The van der Waals surface area contributed by atoms with Gasteiger partial charge in [0.25, 0.3) is 0 Å². The summed E-state index contributed by atoms with van der Waals surface area (Å²) >= 11 is 0. The molecule has 0 bridgehead atoms. The maximum atomic E-state index is 13.0. The predicted octanol–water partition coefficient (Wildman–Crippen LogP) is 4.71. The summed E-state index contributed by atoms with van der Waals surface area (Å²) in [5, 5.41) is 3.78. The molecule has 7 heteroatoms. The zero-order chi connectivity index (χ0) is 23.4. The number of pyridine rings is 1. The third-order valence-corrected chi connectivity index (χ3v) is 5.95. The van der Waals surface area contributed by atoms with Gasteiger partial charge in [-0.05, 0) is 70.8 Å². The molecule has 174 valence electrons. The number of amides is 1. The Morgan fingerprint density at radius 1 is 1.09 bits per heavy atom. The molecule has 1 aromatic carbocycles. The number of piperidine rings is 1. The van der Waals surface area contributed by atoms with Crippen LogP contribution in [0.1, 0.15) is 39.2 Å². The highest BCUT2D eigenvalue weighted by atomic mass is 16.6. The monoisotopic (exact) mass is 448 g/mol. The number of carbonyl (C=O) groups is 2. The van der Waals surface area contributed by atoms with Crippen LogP contribution in [-0.4, -0.2) is 51.7 Å². The quantitative estimate of drug-likeness (QED) is 0.612. The van der Waals surface area contributed by atoms with Crippen LogP contribution in [0.25, 0.3) is 11.0 Å². The summed E-state index contributed by atoms with van der Waals surface area (Å²) in [6.07, 6.45) is 5.46. The number of benzene rings is 1. The molecular formula is C26H32N4O3. The molecule has 0 aliphatic carbocycles. The Balaban J connectivity index is 1.35. The molecule has 1 fully saturated rings. The van der Waals surface area contributed by atoms with E-state index in [0.717, 1.165) is 44.3 Å². The van der Waals surface area contributed by atoms with Gasteiger partial charge in [0.05, 0.1) is 5.69 Å². The van der Waals surface area contributed by atoms with E-state index in [9.17, 15) is 9.59 Å². The van der Waals surface area contributed by atoms with Crippen LogP contribution in [0.5, 0.6) is 0 Å². The Hall–Kier alpha value is -3.19. The molecule has 1 amide bonds. The Bertz CT molecular complexity index is 1110. The summed E-state index contributed by atoms with van der Waals surface area (Å²) in [5.74, 6) is 0.00404. The average Bonchev–Trinajstić information content (AvgIpc) is 3.23. The van der Waals surface area contributed by atoms with Gasteiger partial charge in [0.2, 0.25) is 5.91 Å². The molecule has 0 radical (unpaired) electrons. The second-order valence-corrected chi connectivity index (χ2v) is 9.60. The number of nitrogens with one attached hydrogen (secondary N) is 1. The minimum Gasteiger partial charge on any atom is -0.443 e. The van der Waals surface area contributed by atoms with Gasteiger partial charge < -0.3 is 15.0 Å². The third kappa shape index (κ3) is 5.79. The first-order chi connectivity index (χ1) is 15.8. The number of rotatable bonds is 5. The predicted molar refractivity (Wildman–Crippen MR) is 129 cm³/mol. The van der Waals surface area contributed by atoms with Crippen molar-refractivity contribution in [3.63, 3.8) is 0 Å². The first-order valence-electron chi connectivity index (χ1n) is 11.6. The number of carbonyl (C=O) groups excluding carboxylic acids is 2. The van der Waals surface area contributed by atoms with E-state index in [4.69, 9.17) is 4.74 Å². The fraction of sp³-hybridized carbons (Fsp3) is 0.423. The molecule has 1 saturated heterocycles. The number of nitrogens with zero attached hydrogens (tertiary/aromatic N) is 3. The van der Waals surface area contributed by atoms with Crippen LogP contribution in [-0.2, 0) is 16.0 Å². The Labute approximate surface area is 194 Å². The standard InChI is InChI=1S/C26H32N4O3/c1-26(2,3)33-25(32)30-18-13-21-22(9-14-27-23(21)30)28-24(31)20-11-16-29(17-12-20)15-10-19-7-5-4-6-8-19/h4-9,13-14,18,20H,10-12,15-17H2,1-3H3,(H,27,28,31). The van der Waals surface area contributed by atoms with E-state index >= 15 is 0 Å². The van der Waals surface area contributed by atoms with Crippen molar-refractivity contribution in [2.24, 2.45) is 5.92 Å². The van der Waals surface area contributed by atoms with E-state index in [0.29, 0.717) is 11.3 Å². The van der Waals surface area contributed by atoms with E-state index < -0.39 is 11.7 Å². The van der Waals surface area contributed by atoms with Crippen LogP contribution < -0.4 is 5.32 Å². The zero-order valence-corrected chi connectivity index (χ0v) is 19.6. The van der Waals surface area contributed by atoms with Crippen molar-refractivity contribution >= 4 is 28.7 Å². The van der Waals surface area contributed by atoms with Crippen LogP contribution in [0.3, 0.4) is 0 Å². The molecule has 1 aliphatic rings. The SMILES string of the molecule is CC(C)(C)OC(=O)n1ccc2c(NC(=O)C3CCN(CCc4ccccc4)CC3)ccnc21. The fourth-order valence-electron chi connectivity index (χ4n) is 4.19. The van der Waals surface area contributed by atoms with Crippen LogP contribution in [0.2, 0.25) is 0 Å². The Kier molecular flexibility index (Phi) is 6.79. The smallest absolute Gasteiger partial charge is 0.420 e. The van der Waals surface area contributed by atoms with E-state index in [2.05, 4.69) is 39.5 Å². The van der Waals surface area contributed by atoms with Crippen molar-refractivity contribution in [3.05, 3.63) is 60.4 Å². The summed E-state index contributed by atoms with van der Waals surface area (Å²) in [5.41, 5.74) is 1.88. The van der Waals surface area contributed by atoms with E-state index in [1.165, 1.54) is 10.1 Å². The van der Waals surface area contributed by atoms with Crippen LogP contribution >= 0.6 is 0 Å². The summed E-state index contributed by atoms with van der Waals surface area (Å²) in [6, 6.07) is 14.1. The van der Waals surface area contributed by atoms with Crippen LogP contribution in [0, 0.1) is 5.92 Å². The average molecular weight is 449 g/mol. The number of fused-ring (bicyclic) bond motifs is 1. The second-order valence-electron chi connectivity index (χ2n) is 9.60. The maximum absolute atomic E-state index is 13.0. The van der Waals surface area contributed by atoms with Gasteiger partial charge in [-0.15, -0.1) is 0 Å². The lowest BCUT2D eigenvalue weighted by Gasteiger charge is -2.31. The van der Waals surface area contributed by atoms with Gasteiger partial charge in [0.15, 0.2) is 5.65 Å². The summed E-state index contributed by atoms with van der Waals surface area (Å²) in [6.45, 7) is 8.33. The molecule has 0 unspecified atom stereocenters. The van der Waals surface area contributed by atoms with E-state index in [-0.39, 0.29) is 11.8 Å². The lowest BCUT2D eigenvalue weighted by molar-refractivity contribution is -0.121. The number of hydrogen-bond donors (Lipinski definition) is 1. The Morgan fingerprint density at radius 2 is 1.82 bits per heavy atom. The molecule has 0 saturated carbocycles. The highest BCUT2D eigenvalue weighted by Gasteiger charge is 2.26. The molecule has 7 nitrogen and oxygen atoms in total. The van der Waals surface area contributed by atoms with Crippen molar-refractivity contribution in [1.29, 1.82) is 0 Å². The number of anilines is 1. The van der Waals surface area contributed by atoms with Gasteiger partial charge in [0, 0.05) is 30.2 Å². The highest BCUT2D eigenvalue weighted by molar-refractivity contribution is 6.02. The second kappa shape index (κ2) is 9.75. The molecule has 4 rings (SSSR count). The fourth-order valence-corrected chi connectivity index (χ4v) is 4.19. The van der Waals surface area contributed by atoms with Crippen molar-refractivity contribution in [3.8, 4) is 0 Å². The summed E-state index contributed by atoms with van der Waals surface area (Å²) < 4.78 is 6.83. The minimum atomic E-state index is -0.602. The molecule has 3 heterocycles. The van der Waals surface area contributed by atoms with Crippen LogP contribution in [0.4, 0.5) is 10.5 Å². The minimum absolute atomic E-state index is 0.0193. The van der Waals surface area contributed by atoms with Gasteiger partial charge in [-0.3, -0.25) is 4.79 Å². The van der Waals surface area contributed by atoms with Crippen molar-refractivity contribution in [2.75, 3.05) is 25.0 Å². The molecule has 2 aromatic heterocycles. The number of likely N-dealkylation sites (tertiary alicyclic amines) is 1. The topological polar surface area (TPSA) is 76.5 Å². The van der Waals surface area contributed by atoms with Gasteiger partial charge in [-0.25, -0.2) is 14.3 Å². The van der Waals surface area contributed by atoms with Crippen molar-refractivity contribution in [2.45, 2.75) is 45.6 Å². The zero-order valence-electron chi connectivity index (χ0n) is 19.6. The van der Waals surface area contributed by atoms with Gasteiger partial charge in [0.1, 0.15) is 5.60 Å². The van der Waals surface area contributed by atoms with Gasteiger partial charge in [-0.2, -0.15) is 0 Å². The van der Waals surface area contributed by atoms with Crippen LogP contribution in [0.15, 0.2) is 54.9 Å². The molecule has 1 aliphatic heterocycles. The molecule has 1 N–H and O–H groups in total. The maximum Gasteiger partial charge on any atom is 0.420 e. The van der Waals surface area contributed by atoms with E-state index in [1.807, 2.05) is 26.8 Å². The molecule has 33 heavy (non-hydrogen) atoms. The highest BCUT2D eigenvalue weighted by Crippen LogP contribution is 2.26. The van der Waals surface area contributed by atoms with E-state index in [1.54, 1.807) is 24.5 Å². The van der Waals surface area contributed by atoms with Gasteiger partial charge in [-0.1, -0.05) is 30.3 Å². The van der Waals surface area contributed by atoms with Gasteiger partial charge >= 0.3 is 6.09 Å². The molecule has 0 spiro atoms. The molecule has 0 atom stereocenters. The summed E-state index contributed by atoms with van der Waals surface area (Å²) in [4.78, 5) is 32.2. The third-order valence-electron chi connectivity index (χ3n) is 5.95. The lowest BCUT2D eigenvalue weighted by Crippen LogP contribution is -2.39. The van der Waals surface area contributed by atoms with Crippen molar-refractivity contribution in [1.82, 2.24) is 14.5 Å². The molecule has 3 aromatic rings. The summed E-state index contributed by atoms with van der Waals surface area (Å²) in [7, 11) is 0. The number of hydrogen-bond acceptors (Lipinski definition) is 5. The van der Waals surface area contributed by atoms with Crippen molar-refractivity contribution < 1.29 is 14.3 Å². The Morgan fingerprint density at radius 3 is 2.52 bits per heavy atom. The lowest BCUT2D eigenvalue weighted by atomic mass is 9.95. The molecular weight excluding hydrogens is 416 g/mol. The number of aromatic nitrogens is 2. The normalized spacial score (nSPS) is 15.5. The number of ether oxygens (including phenoxy) is 1. The largest absolute Gasteiger partial charge is 0.443 e.